The number of anilines is 1. The minimum absolute atomic E-state index is 0.161. The van der Waals surface area contributed by atoms with E-state index >= 15 is 0 Å². The van der Waals surface area contributed by atoms with Crippen LogP contribution < -0.4 is 11.1 Å². The first-order valence-electron chi connectivity index (χ1n) is 6.13. The molecule has 0 aliphatic rings. The number of nitrogens with two attached hydrogens (primary N) is 1. The summed E-state index contributed by atoms with van der Waals surface area (Å²) in [5, 5.41) is 7.12. The summed E-state index contributed by atoms with van der Waals surface area (Å²) in [5.41, 5.74) is 6.53. The first kappa shape index (κ1) is 13.5. The number of amides is 1. The fraction of sp³-hybridized carbons (Fsp3) is 0.667. The van der Waals surface area contributed by atoms with E-state index < -0.39 is 0 Å². The molecule has 0 aromatic carbocycles. The van der Waals surface area contributed by atoms with Crippen molar-refractivity contribution in [1.29, 1.82) is 0 Å². The van der Waals surface area contributed by atoms with Crippen molar-refractivity contribution in [2.75, 3.05) is 5.73 Å². The van der Waals surface area contributed by atoms with E-state index in [4.69, 9.17) is 5.73 Å². The van der Waals surface area contributed by atoms with Crippen LogP contribution in [0.3, 0.4) is 0 Å². The third-order valence-electron chi connectivity index (χ3n) is 2.89. The molecule has 1 amide bonds. The van der Waals surface area contributed by atoms with Gasteiger partial charge in [-0.2, -0.15) is 5.10 Å². The summed E-state index contributed by atoms with van der Waals surface area (Å²) in [6, 6.07) is 0.161. The van der Waals surface area contributed by atoms with Crippen LogP contribution in [0.2, 0.25) is 0 Å². The van der Waals surface area contributed by atoms with E-state index in [-0.39, 0.29) is 11.9 Å². The third kappa shape index (κ3) is 3.22. The van der Waals surface area contributed by atoms with Gasteiger partial charge >= 0.3 is 0 Å². The average Bonchev–Trinajstić information content (AvgIpc) is 2.66. The Balaban J connectivity index is 2.78. The summed E-state index contributed by atoms with van der Waals surface area (Å²) in [7, 11) is 0. The number of nitrogens with one attached hydrogen (secondary N) is 1. The molecule has 0 aliphatic heterocycles. The van der Waals surface area contributed by atoms with Gasteiger partial charge in [-0.25, -0.2) is 0 Å². The number of aryl methyl sites for hydroxylation is 1. The maximum atomic E-state index is 12.0. The Morgan fingerprint density at radius 2 is 2.18 bits per heavy atom. The molecule has 0 radical (unpaired) electrons. The van der Waals surface area contributed by atoms with Gasteiger partial charge in [0, 0.05) is 18.8 Å². The molecular formula is C12H22N4O. The number of rotatable bonds is 5. The van der Waals surface area contributed by atoms with Crippen molar-refractivity contribution in [3.05, 3.63) is 11.9 Å². The fourth-order valence-corrected chi connectivity index (χ4v) is 1.75. The van der Waals surface area contributed by atoms with Crippen molar-refractivity contribution in [2.24, 2.45) is 5.92 Å². The summed E-state index contributed by atoms with van der Waals surface area (Å²) in [5.74, 6) is 0.216. The van der Waals surface area contributed by atoms with E-state index in [1.165, 1.54) is 0 Å². The van der Waals surface area contributed by atoms with Crippen LogP contribution >= 0.6 is 0 Å². The Morgan fingerprint density at radius 3 is 2.59 bits per heavy atom. The summed E-state index contributed by atoms with van der Waals surface area (Å²) in [6.07, 6.45) is 2.59. The largest absolute Gasteiger partial charge is 0.396 e. The maximum Gasteiger partial charge on any atom is 0.274 e. The lowest BCUT2D eigenvalue weighted by atomic mass is 10.0. The minimum Gasteiger partial charge on any atom is -0.396 e. The second-order valence-electron chi connectivity index (χ2n) is 4.52. The van der Waals surface area contributed by atoms with Crippen LogP contribution in [0.4, 0.5) is 5.69 Å². The van der Waals surface area contributed by atoms with Crippen LogP contribution in [0.15, 0.2) is 6.20 Å². The van der Waals surface area contributed by atoms with E-state index in [1.807, 2.05) is 6.92 Å². The zero-order chi connectivity index (χ0) is 13.0. The van der Waals surface area contributed by atoms with Gasteiger partial charge in [-0.15, -0.1) is 0 Å². The normalized spacial score (nSPS) is 12.8. The number of hydrogen-bond donors (Lipinski definition) is 2. The number of nitrogens with zero attached hydrogens (tertiary/aromatic N) is 2. The van der Waals surface area contributed by atoms with Gasteiger partial charge in [0.05, 0.1) is 5.69 Å². The fourth-order valence-electron chi connectivity index (χ4n) is 1.75. The van der Waals surface area contributed by atoms with Gasteiger partial charge in [-0.3, -0.25) is 9.48 Å². The monoisotopic (exact) mass is 238 g/mol. The molecule has 0 bridgehead atoms. The van der Waals surface area contributed by atoms with Crippen LogP contribution in [0.1, 0.15) is 44.6 Å². The molecule has 1 unspecified atom stereocenters. The van der Waals surface area contributed by atoms with Crippen LogP contribution in [-0.4, -0.2) is 21.7 Å². The van der Waals surface area contributed by atoms with E-state index in [2.05, 4.69) is 31.2 Å². The van der Waals surface area contributed by atoms with Crippen LogP contribution in [0, 0.1) is 5.92 Å². The standard InChI is InChI=1S/C12H22N4O/c1-5-10(8(3)4)14-12(17)11-9(13)7-16(6-2)15-11/h7-8,10H,5-6,13H2,1-4H3,(H,14,17). The molecule has 0 fully saturated rings. The highest BCUT2D eigenvalue weighted by atomic mass is 16.2. The van der Waals surface area contributed by atoms with Crippen molar-refractivity contribution < 1.29 is 4.79 Å². The lowest BCUT2D eigenvalue weighted by molar-refractivity contribution is 0.0919. The molecule has 0 saturated heterocycles. The van der Waals surface area contributed by atoms with Gasteiger partial charge in [0.25, 0.3) is 5.91 Å². The molecule has 0 spiro atoms. The molecule has 3 N–H and O–H groups in total. The third-order valence-corrected chi connectivity index (χ3v) is 2.89. The van der Waals surface area contributed by atoms with E-state index in [9.17, 15) is 4.79 Å². The Hall–Kier alpha value is -1.52. The van der Waals surface area contributed by atoms with Crippen LogP contribution in [-0.2, 0) is 6.54 Å². The second kappa shape index (κ2) is 5.70. The Bertz CT molecular complexity index is 384. The molecular weight excluding hydrogens is 216 g/mol. The molecule has 1 atom stereocenters. The highest BCUT2D eigenvalue weighted by molar-refractivity contribution is 5.97. The van der Waals surface area contributed by atoms with Crippen molar-refractivity contribution in [1.82, 2.24) is 15.1 Å². The van der Waals surface area contributed by atoms with Crippen LogP contribution in [0.5, 0.6) is 0 Å². The quantitative estimate of drug-likeness (QED) is 0.819. The van der Waals surface area contributed by atoms with Gasteiger partial charge in [-0.1, -0.05) is 20.8 Å². The Kier molecular flexibility index (Phi) is 4.54. The highest BCUT2D eigenvalue weighted by Gasteiger charge is 2.19. The lowest BCUT2D eigenvalue weighted by Crippen LogP contribution is -2.38. The van der Waals surface area contributed by atoms with E-state index in [0.29, 0.717) is 23.8 Å². The van der Waals surface area contributed by atoms with E-state index in [0.717, 1.165) is 6.42 Å². The SMILES string of the molecule is CCC(NC(=O)c1nn(CC)cc1N)C(C)C. The zero-order valence-corrected chi connectivity index (χ0v) is 11.0. The van der Waals surface area contributed by atoms with Gasteiger partial charge in [-0.05, 0) is 19.3 Å². The van der Waals surface area contributed by atoms with Gasteiger partial charge in [0.15, 0.2) is 5.69 Å². The molecule has 96 valence electrons. The van der Waals surface area contributed by atoms with Crippen molar-refractivity contribution in [3.8, 4) is 0 Å². The predicted octanol–water partition coefficient (Wildman–Crippen LogP) is 1.65. The molecule has 1 aromatic rings. The van der Waals surface area contributed by atoms with Crippen molar-refractivity contribution in [2.45, 2.75) is 46.7 Å². The first-order valence-corrected chi connectivity index (χ1v) is 6.13. The van der Waals surface area contributed by atoms with Crippen LogP contribution in [0.25, 0.3) is 0 Å². The molecule has 1 heterocycles. The smallest absolute Gasteiger partial charge is 0.274 e. The van der Waals surface area contributed by atoms with Gasteiger partial charge in [0.1, 0.15) is 0 Å². The molecule has 5 heteroatoms. The minimum atomic E-state index is -0.185. The summed E-state index contributed by atoms with van der Waals surface area (Å²) >= 11 is 0. The maximum absolute atomic E-state index is 12.0. The number of nitrogen functional groups attached to an aromatic ring is 1. The van der Waals surface area contributed by atoms with Crippen molar-refractivity contribution >= 4 is 11.6 Å². The summed E-state index contributed by atoms with van der Waals surface area (Å²) in [6.45, 7) is 8.89. The van der Waals surface area contributed by atoms with Gasteiger partial charge < -0.3 is 11.1 Å². The topological polar surface area (TPSA) is 72.9 Å². The van der Waals surface area contributed by atoms with Gasteiger partial charge in [0.2, 0.25) is 0 Å². The summed E-state index contributed by atoms with van der Waals surface area (Å²) < 4.78 is 1.67. The molecule has 17 heavy (non-hydrogen) atoms. The molecule has 1 aromatic heterocycles. The predicted molar refractivity (Wildman–Crippen MR) is 68.7 cm³/mol. The van der Waals surface area contributed by atoms with Crippen molar-refractivity contribution in [3.63, 3.8) is 0 Å². The number of carbonyl (C=O) groups excluding carboxylic acids is 1. The second-order valence-corrected chi connectivity index (χ2v) is 4.52. The lowest BCUT2D eigenvalue weighted by Gasteiger charge is -2.20. The molecule has 0 aliphatic carbocycles. The molecule has 1 rings (SSSR count). The average molecular weight is 238 g/mol. The highest BCUT2D eigenvalue weighted by Crippen LogP contribution is 2.11. The Morgan fingerprint density at radius 1 is 1.53 bits per heavy atom. The number of hydrogen-bond acceptors (Lipinski definition) is 3. The number of carbonyl (C=O) groups is 1. The first-order chi connectivity index (χ1) is 7.99. The molecule has 0 saturated carbocycles. The molecule has 5 nitrogen and oxygen atoms in total. The summed E-state index contributed by atoms with van der Waals surface area (Å²) in [4.78, 5) is 12.0. The number of aromatic nitrogens is 2. The Labute approximate surface area is 102 Å². The zero-order valence-electron chi connectivity index (χ0n) is 11.0. The van der Waals surface area contributed by atoms with E-state index in [1.54, 1.807) is 10.9 Å².